The molecule has 5 nitrogen and oxygen atoms in total. The van der Waals surface area contributed by atoms with Gasteiger partial charge in [-0.05, 0) is 24.6 Å². The second-order valence-corrected chi connectivity index (χ2v) is 7.07. The average molecular weight is 399 g/mol. The fourth-order valence-corrected chi connectivity index (χ4v) is 3.43. The summed E-state index contributed by atoms with van der Waals surface area (Å²) < 4.78 is 6.08. The normalized spacial score (nSPS) is 11.9. The number of aliphatic hydroxyl groups excluding tert-OH is 1. The van der Waals surface area contributed by atoms with E-state index in [1.165, 1.54) is 0 Å². The first-order valence-electron chi connectivity index (χ1n) is 9.69. The number of benzene rings is 3. The van der Waals surface area contributed by atoms with Gasteiger partial charge in [-0.15, -0.1) is 0 Å². The van der Waals surface area contributed by atoms with E-state index in [1.54, 1.807) is 37.3 Å². The van der Waals surface area contributed by atoms with Gasteiger partial charge in [0.05, 0.1) is 17.1 Å². The van der Waals surface area contributed by atoms with Crippen LogP contribution in [0.2, 0.25) is 0 Å². The molecule has 0 aliphatic rings. The van der Waals surface area contributed by atoms with Crippen molar-refractivity contribution < 1.29 is 14.3 Å². The lowest BCUT2D eigenvalue weighted by Crippen LogP contribution is -2.28. The van der Waals surface area contributed by atoms with Crippen LogP contribution in [-0.2, 0) is 0 Å². The maximum atomic E-state index is 12.9. The maximum absolute atomic E-state index is 12.9. The molecule has 0 radical (unpaired) electrons. The topological polar surface area (TPSA) is 79.5 Å². The van der Waals surface area contributed by atoms with Crippen molar-refractivity contribution in [2.24, 2.45) is 0 Å². The van der Waals surface area contributed by atoms with E-state index in [0.29, 0.717) is 22.3 Å². The summed E-state index contributed by atoms with van der Waals surface area (Å²) >= 11 is 0. The summed E-state index contributed by atoms with van der Waals surface area (Å²) in [7, 11) is 0. The zero-order valence-corrected chi connectivity index (χ0v) is 16.5. The molecule has 30 heavy (non-hydrogen) atoms. The van der Waals surface area contributed by atoms with E-state index >= 15 is 0 Å². The van der Waals surface area contributed by atoms with Gasteiger partial charge in [-0.25, -0.2) is 0 Å². The second kappa shape index (κ2) is 8.35. The van der Waals surface area contributed by atoms with Crippen LogP contribution in [-0.4, -0.2) is 17.6 Å². The first kappa shape index (κ1) is 19.6. The quantitative estimate of drug-likeness (QED) is 0.526. The van der Waals surface area contributed by atoms with E-state index in [4.69, 9.17) is 4.42 Å². The zero-order valence-electron chi connectivity index (χ0n) is 16.5. The summed E-state index contributed by atoms with van der Waals surface area (Å²) in [4.78, 5) is 25.8. The number of carbonyl (C=O) groups excluding carboxylic acids is 1. The molecular formula is C25H21NO4. The van der Waals surface area contributed by atoms with Gasteiger partial charge in [0.25, 0.3) is 5.91 Å². The number of nitrogens with one attached hydrogen (secondary N) is 1. The minimum absolute atomic E-state index is 0.0425. The third kappa shape index (κ3) is 3.75. The summed E-state index contributed by atoms with van der Waals surface area (Å²) in [6.45, 7) is 1.76. The molecule has 1 amide bonds. The molecule has 1 unspecified atom stereocenters. The number of rotatable bonds is 5. The number of hydrogen-bond donors (Lipinski definition) is 2. The Morgan fingerprint density at radius 1 is 0.967 bits per heavy atom. The average Bonchev–Trinajstić information content (AvgIpc) is 2.80. The second-order valence-electron chi connectivity index (χ2n) is 7.07. The third-order valence-corrected chi connectivity index (χ3v) is 5.07. The van der Waals surface area contributed by atoms with E-state index < -0.39 is 12.0 Å². The summed E-state index contributed by atoms with van der Waals surface area (Å²) in [5, 5.41) is 13.4. The summed E-state index contributed by atoms with van der Waals surface area (Å²) in [5.74, 6) is 0.0271. The van der Waals surface area contributed by atoms with Crippen LogP contribution < -0.4 is 10.7 Å². The van der Waals surface area contributed by atoms with E-state index in [-0.39, 0.29) is 23.1 Å². The Morgan fingerprint density at radius 2 is 1.63 bits per heavy atom. The van der Waals surface area contributed by atoms with Crippen molar-refractivity contribution in [2.75, 3.05) is 6.54 Å². The van der Waals surface area contributed by atoms with Gasteiger partial charge in [0, 0.05) is 17.7 Å². The molecule has 4 aromatic rings. The zero-order chi connectivity index (χ0) is 21.1. The van der Waals surface area contributed by atoms with Gasteiger partial charge < -0.3 is 14.8 Å². The SMILES string of the molecule is Cc1c(-c2ccccc2)oc2c(C(=O)NCC(O)c3ccccc3)cccc2c1=O. The monoisotopic (exact) mass is 399 g/mol. The number of fused-ring (bicyclic) bond motifs is 1. The third-order valence-electron chi connectivity index (χ3n) is 5.07. The number of amides is 1. The van der Waals surface area contributed by atoms with Crippen LogP contribution >= 0.6 is 0 Å². The lowest BCUT2D eigenvalue weighted by molar-refractivity contribution is 0.0917. The summed E-state index contributed by atoms with van der Waals surface area (Å²) in [5.41, 5.74) is 2.29. The summed E-state index contributed by atoms with van der Waals surface area (Å²) in [6, 6.07) is 23.3. The van der Waals surface area contributed by atoms with Crippen LogP contribution in [0.3, 0.4) is 0 Å². The van der Waals surface area contributed by atoms with Crippen molar-refractivity contribution in [2.45, 2.75) is 13.0 Å². The van der Waals surface area contributed by atoms with Crippen LogP contribution in [0.15, 0.2) is 88.1 Å². The first-order chi connectivity index (χ1) is 14.6. The number of carbonyl (C=O) groups is 1. The van der Waals surface area contributed by atoms with Crippen LogP contribution in [0.25, 0.3) is 22.3 Å². The molecule has 0 spiro atoms. The molecule has 3 aromatic carbocycles. The van der Waals surface area contributed by atoms with Gasteiger partial charge in [0.1, 0.15) is 5.76 Å². The molecule has 0 aliphatic carbocycles. The molecule has 0 fully saturated rings. The largest absolute Gasteiger partial charge is 0.455 e. The van der Waals surface area contributed by atoms with Crippen LogP contribution in [0.4, 0.5) is 0 Å². The van der Waals surface area contributed by atoms with Gasteiger partial charge in [-0.1, -0.05) is 66.7 Å². The van der Waals surface area contributed by atoms with Crippen molar-refractivity contribution in [3.63, 3.8) is 0 Å². The van der Waals surface area contributed by atoms with Crippen LogP contribution in [0.1, 0.15) is 27.6 Å². The molecule has 0 aliphatic heterocycles. The fraction of sp³-hybridized carbons (Fsp3) is 0.120. The van der Waals surface area contributed by atoms with Crippen LogP contribution in [0.5, 0.6) is 0 Å². The Hall–Kier alpha value is -3.70. The van der Waals surface area contributed by atoms with Crippen molar-refractivity contribution in [3.8, 4) is 11.3 Å². The van der Waals surface area contributed by atoms with Gasteiger partial charge in [0.15, 0.2) is 11.0 Å². The van der Waals surface area contributed by atoms with Gasteiger partial charge in [-0.2, -0.15) is 0 Å². The van der Waals surface area contributed by atoms with Crippen molar-refractivity contribution in [1.29, 1.82) is 0 Å². The van der Waals surface area contributed by atoms with Crippen molar-refractivity contribution >= 4 is 16.9 Å². The van der Waals surface area contributed by atoms with Gasteiger partial charge in [-0.3, -0.25) is 9.59 Å². The lowest BCUT2D eigenvalue weighted by Gasteiger charge is -2.13. The molecular weight excluding hydrogens is 378 g/mol. The fourth-order valence-electron chi connectivity index (χ4n) is 3.43. The van der Waals surface area contributed by atoms with Crippen molar-refractivity contribution in [3.05, 3.63) is 106 Å². The molecule has 1 heterocycles. The predicted molar refractivity (Wildman–Crippen MR) is 116 cm³/mol. The molecule has 0 saturated heterocycles. The standard InChI is InChI=1S/C25H21NO4/c1-16-22(28)19-13-8-14-20(24(19)30-23(16)18-11-6-3-7-12-18)25(29)26-15-21(27)17-9-4-2-5-10-17/h2-14,21,27H,15H2,1H3,(H,26,29). The molecule has 5 heteroatoms. The van der Waals surface area contributed by atoms with E-state index in [9.17, 15) is 14.7 Å². The Labute approximate surface area is 173 Å². The Morgan fingerprint density at radius 3 is 2.33 bits per heavy atom. The molecule has 4 rings (SSSR count). The molecule has 2 N–H and O–H groups in total. The van der Waals surface area contributed by atoms with E-state index in [2.05, 4.69) is 5.32 Å². The van der Waals surface area contributed by atoms with Crippen molar-refractivity contribution in [1.82, 2.24) is 5.32 Å². The number of para-hydroxylation sites is 1. The first-order valence-corrected chi connectivity index (χ1v) is 9.69. The highest BCUT2D eigenvalue weighted by atomic mass is 16.3. The molecule has 1 atom stereocenters. The predicted octanol–water partition coefficient (Wildman–Crippen LogP) is 4.23. The highest BCUT2D eigenvalue weighted by Gasteiger charge is 2.19. The highest BCUT2D eigenvalue weighted by molar-refractivity contribution is 6.05. The van der Waals surface area contributed by atoms with E-state index in [1.807, 2.05) is 48.5 Å². The molecule has 1 aromatic heterocycles. The smallest absolute Gasteiger partial charge is 0.255 e. The maximum Gasteiger partial charge on any atom is 0.255 e. The Kier molecular flexibility index (Phi) is 5.46. The van der Waals surface area contributed by atoms with Gasteiger partial charge >= 0.3 is 0 Å². The number of aliphatic hydroxyl groups is 1. The minimum Gasteiger partial charge on any atom is -0.455 e. The Balaban J connectivity index is 1.70. The highest BCUT2D eigenvalue weighted by Crippen LogP contribution is 2.27. The molecule has 150 valence electrons. The molecule has 0 bridgehead atoms. The number of hydrogen-bond acceptors (Lipinski definition) is 4. The van der Waals surface area contributed by atoms with E-state index in [0.717, 1.165) is 5.56 Å². The lowest BCUT2D eigenvalue weighted by atomic mass is 10.0. The van der Waals surface area contributed by atoms with Crippen LogP contribution in [0, 0.1) is 6.92 Å². The minimum atomic E-state index is -0.834. The van der Waals surface area contributed by atoms with Gasteiger partial charge in [0.2, 0.25) is 0 Å². The summed E-state index contributed by atoms with van der Waals surface area (Å²) in [6.07, 6.45) is -0.834. The molecule has 0 saturated carbocycles. The Bertz CT molecular complexity index is 1250.